The van der Waals surface area contributed by atoms with E-state index in [0.717, 1.165) is 56.7 Å². The molecule has 5 atom stereocenters. The second-order valence-corrected chi connectivity index (χ2v) is 26.1. The molecule has 8 bridgehead atoms. The van der Waals surface area contributed by atoms with Gasteiger partial charge in [-0.2, -0.15) is 0 Å². The maximum Gasteiger partial charge on any atom is 0.407 e. The Morgan fingerprint density at radius 1 is 0.659 bits per heavy atom. The van der Waals surface area contributed by atoms with Crippen LogP contribution in [0.25, 0.3) is 49.1 Å². The summed E-state index contributed by atoms with van der Waals surface area (Å²) in [4.78, 5) is 152. The molecule has 0 saturated carbocycles. The van der Waals surface area contributed by atoms with Gasteiger partial charge in [0.1, 0.15) is 118 Å². The zero-order valence-electron chi connectivity index (χ0n) is 48.5. The fourth-order valence-electron chi connectivity index (χ4n) is 7.97. The molecule has 0 aromatic carbocycles. The minimum atomic E-state index is -1.67. The quantitative estimate of drug-likeness (QED) is 0.0474. The number of amides is 7. The molecular formula is C55H58N14O13S6. The number of carbonyl (C=O) groups is 9. The Morgan fingerprint density at radius 2 is 1.23 bits per heavy atom. The van der Waals surface area contributed by atoms with Gasteiger partial charge in [0.15, 0.2) is 0 Å². The third-order valence-electron chi connectivity index (χ3n) is 12.2. The summed E-state index contributed by atoms with van der Waals surface area (Å²) >= 11 is 6.39. The fourth-order valence-corrected chi connectivity index (χ4v) is 13.2. The van der Waals surface area contributed by atoms with E-state index in [9.17, 15) is 53.4 Å². The van der Waals surface area contributed by atoms with Gasteiger partial charge in [0.05, 0.1) is 29.6 Å². The highest BCUT2D eigenvalue weighted by atomic mass is 32.1. The number of hydrogen-bond acceptors (Lipinski definition) is 26. The van der Waals surface area contributed by atoms with E-state index >= 15 is 0 Å². The highest BCUT2D eigenvalue weighted by molar-refractivity contribution is 7.15. The number of nitrogens with zero attached hydrogens (tertiary/aromatic N) is 7. The summed E-state index contributed by atoms with van der Waals surface area (Å²) < 4.78 is 11.1. The molecule has 0 spiro atoms. The van der Waals surface area contributed by atoms with E-state index in [1.807, 2.05) is 0 Å². The number of Topliss-reactive ketones (excluding diaryl/α,β-unsaturated/α-hetero) is 1. The van der Waals surface area contributed by atoms with Gasteiger partial charge in [-0.1, -0.05) is 12.2 Å². The smallest absolute Gasteiger partial charge is 0.407 e. The Morgan fingerprint density at radius 3 is 1.89 bits per heavy atom. The van der Waals surface area contributed by atoms with E-state index in [1.54, 1.807) is 57.5 Å². The van der Waals surface area contributed by atoms with Crippen LogP contribution in [-0.2, 0) is 28.7 Å². The van der Waals surface area contributed by atoms with Gasteiger partial charge in [0, 0.05) is 37.8 Å². The summed E-state index contributed by atoms with van der Waals surface area (Å²) in [5.74, 6) is -5.51. The molecule has 8 rings (SSSR count). The van der Waals surface area contributed by atoms with Gasteiger partial charge in [-0.05, 0) is 81.4 Å². The molecule has 0 radical (unpaired) electrons. The molecular weight excluding hydrogens is 1260 g/mol. The maximum absolute atomic E-state index is 14.4. The number of aliphatic hydroxyl groups is 2. The fraction of sp³-hybridized carbons (Fsp3) is 0.345. The number of carbonyl (C=O) groups excluding carboxylic acids is 9. The Bertz CT molecular complexity index is 3900. The third kappa shape index (κ3) is 16.2. The number of aromatic nitrogens is 7. The van der Waals surface area contributed by atoms with Crippen LogP contribution >= 0.6 is 68.0 Å². The molecule has 7 amide bonds. The molecule has 1 aliphatic heterocycles. The number of nitrogens with one attached hydrogen (secondary N) is 7. The first-order chi connectivity index (χ1) is 41.6. The second kappa shape index (κ2) is 27.7. The Hall–Kier alpha value is -8.44. The van der Waals surface area contributed by atoms with Gasteiger partial charge in [0.25, 0.3) is 29.5 Å². The van der Waals surface area contributed by atoms with Crippen molar-refractivity contribution in [3.8, 4) is 43.4 Å². The van der Waals surface area contributed by atoms with Crippen LogP contribution in [0.1, 0.15) is 138 Å². The molecule has 7 aromatic rings. The number of thiazole rings is 6. The van der Waals surface area contributed by atoms with Crippen LogP contribution in [-0.4, -0.2) is 141 Å². The van der Waals surface area contributed by atoms with E-state index in [0.29, 0.717) is 27.0 Å². The first-order valence-corrected chi connectivity index (χ1v) is 31.8. The van der Waals surface area contributed by atoms with Gasteiger partial charge in [-0.25, -0.2) is 39.7 Å². The molecule has 1 aliphatic rings. The minimum Gasteiger partial charge on any atom is -0.459 e. The number of pyridine rings is 1. The van der Waals surface area contributed by atoms with Crippen molar-refractivity contribution in [1.82, 2.24) is 72.1 Å². The summed E-state index contributed by atoms with van der Waals surface area (Å²) in [6.45, 7) is 14.4. The molecule has 462 valence electrons. The van der Waals surface area contributed by atoms with Crippen LogP contribution in [0, 0.1) is 0 Å². The van der Waals surface area contributed by atoms with Crippen LogP contribution in [0.15, 0.2) is 62.3 Å². The molecule has 0 aliphatic carbocycles. The zero-order valence-corrected chi connectivity index (χ0v) is 53.4. The van der Waals surface area contributed by atoms with Crippen LogP contribution in [0.2, 0.25) is 0 Å². The molecule has 0 fully saturated rings. The Labute approximate surface area is 526 Å². The second-order valence-electron chi connectivity index (χ2n) is 20.9. The summed E-state index contributed by atoms with van der Waals surface area (Å²) in [5, 5.41) is 51.1. The Balaban J connectivity index is 1.19. The number of ketones is 1. The predicted molar refractivity (Wildman–Crippen MR) is 329 cm³/mol. The van der Waals surface area contributed by atoms with E-state index in [2.05, 4.69) is 57.2 Å². The molecule has 8 heterocycles. The monoisotopic (exact) mass is 1310 g/mol. The van der Waals surface area contributed by atoms with Crippen molar-refractivity contribution in [2.75, 3.05) is 13.1 Å². The SMILES string of the molecule is C/C=C(\NC(=O)c1csc(-c2csc(-c3ccc4c(n3)-c3csc(n3)C(C(C)OC(=O)NCC(=O)OC(C)(C)C)NC(=O)c3csc(n3)C(C(C)(C)O)NC(=O)c3csc(n3)/C(=C/C)NC(=O)C(C(C)O)NC(=O)c3csc-4n3)n2)n1)C(=O)NCC(C)=O. The number of aliphatic hydroxyl groups excluding tert-OH is 1. The average Bonchev–Trinajstić information content (AvgIpc) is 2.88. The van der Waals surface area contributed by atoms with Crippen molar-refractivity contribution in [2.24, 2.45) is 0 Å². The number of alkyl carbamates (subject to hydrolysis) is 1. The topological polar surface area (TPSA) is 387 Å². The van der Waals surface area contributed by atoms with E-state index in [1.165, 1.54) is 79.6 Å². The highest BCUT2D eigenvalue weighted by Gasteiger charge is 2.36. The molecule has 5 unspecified atom stereocenters. The summed E-state index contributed by atoms with van der Waals surface area (Å²) in [6.07, 6.45) is -0.781. The molecule has 9 N–H and O–H groups in total. The Kier molecular flexibility index (Phi) is 20.6. The predicted octanol–water partition coefficient (Wildman–Crippen LogP) is 5.97. The first kappa shape index (κ1) is 65.5. The lowest BCUT2D eigenvalue weighted by molar-refractivity contribution is -0.153. The number of rotatable bonds is 13. The molecule has 33 heteroatoms. The number of fused-ring (bicyclic) bond motifs is 11. The standard InChI is InChI=1S/C55H58N14O13S6/c1-11-27(41(73)56-15-23(3)70)59-42(74)31-19-85-50(64-31)35-22-86-49(66-35)29-14-13-26-39(58-29)30-17-87-51(61-30)38(25(5)81-53(79)57-16-36(72)82-54(6,7)8)68-44(76)33-21-88-52(65-33)40(55(9,10)80)69-45(77)34-20-84-48(63-34)28(12-2)60-46(78)37(24(4)71)67-43(75)32-18-83-47(26)62-32/h11-14,17-22,24-25,37-38,40,71,80H,15-16H2,1-10H3,(H,56,73)(H,57,79)(H,59,74)(H,60,78)(H,67,75)(H,68,76)(H,69,77)/b27-11-,28-12-. The molecule has 0 saturated heterocycles. The molecule has 27 nitrogen and oxygen atoms in total. The van der Waals surface area contributed by atoms with Crippen molar-refractivity contribution >= 4 is 127 Å². The van der Waals surface area contributed by atoms with Gasteiger partial charge in [-0.15, -0.1) is 68.0 Å². The third-order valence-corrected chi connectivity index (χ3v) is 17.6. The average molecular weight is 1320 g/mol. The van der Waals surface area contributed by atoms with E-state index < -0.39 is 95.6 Å². The van der Waals surface area contributed by atoms with E-state index in [-0.39, 0.29) is 77.9 Å². The normalized spacial score (nSPS) is 17.3. The van der Waals surface area contributed by atoms with Gasteiger partial charge < -0.3 is 56.9 Å². The van der Waals surface area contributed by atoms with Crippen LogP contribution in [0.4, 0.5) is 4.79 Å². The van der Waals surface area contributed by atoms with Gasteiger partial charge >= 0.3 is 12.1 Å². The highest BCUT2D eigenvalue weighted by Crippen LogP contribution is 2.39. The lowest BCUT2D eigenvalue weighted by Gasteiger charge is -2.28. The van der Waals surface area contributed by atoms with Gasteiger partial charge in [-0.3, -0.25) is 38.4 Å². The van der Waals surface area contributed by atoms with Crippen molar-refractivity contribution in [2.45, 2.75) is 111 Å². The van der Waals surface area contributed by atoms with Crippen molar-refractivity contribution in [1.29, 1.82) is 0 Å². The van der Waals surface area contributed by atoms with Crippen molar-refractivity contribution in [3.63, 3.8) is 0 Å². The van der Waals surface area contributed by atoms with Crippen molar-refractivity contribution in [3.05, 3.63) is 100 Å². The molecule has 7 aromatic heterocycles. The lowest BCUT2D eigenvalue weighted by atomic mass is 9.99. The van der Waals surface area contributed by atoms with Crippen LogP contribution < -0.4 is 37.2 Å². The molecule has 88 heavy (non-hydrogen) atoms. The van der Waals surface area contributed by atoms with Crippen LogP contribution in [0.5, 0.6) is 0 Å². The summed E-state index contributed by atoms with van der Waals surface area (Å²) in [7, 11) is 0. The number of ether oxygens (including phenoxy) is 2. The lowest BCUT2D eigenvalue weighted by Crippen LogP contribution is -2.52. The largest absolute Gasteiger partial charge is 0.459 e. The number of allylic oxidation sites excluding steroid dienone is 2. The first-order valence-electron chi connectivity index (χ1n) is 26.6. The number of hydrogen-bond donors (Lipinski definition) is 9. The maximum atomic E-state index is 14.4. The summed E-state index contributed by atoms with van der Waals surface area (Å²) in [6, 6.07) is -0.629. The van der Waals surface area contributed by atoms with Crippen molar-refractivity contribution < 1.29 is 62.8 Å². The van der Waals surface area contributed by atoms with E-state index in [4.69, 9.17) is 24.4 Å². The van der Waals surface area contributed by atoms with Crippen LogP contribution in [0.3, 0.4) is 0 Å². The summed E-state index contributed by atoms with van der Waals surface area (Å²) in [5.41, 5.74) is -1.37. The van der Waals surface area contributed by atoms with Gasteiger partial charge in [0.2, 0.25) is 5.91 Å². The minimum absolute atomic E-state index is 0.00665. The zero-order chi connectivity index (χ0) is 63.9. The number of esters is 1.